The van der Waals surface area contributed by atoms with E-state index in [0.29, 0.717) is 12.8 Å². The van der Waals surface area contributed by atoms with Crippen molar-refractivity contribution in [2.24, 2.45) is 0 Å². The van der Waals surface area contributed by atoms with Crippen molar-refractivity contribution in [2.75, 3.05) is 0 Å². The van der Waals surface area contributed by atoms with Gasteiger partial charge in [0.2, 0.25) is 5.76 Å². The van der Waals surface area contributed by atoms with Gasteiger partial charge in [0.15, 0.2) is 0 Å². The van der Waals surface area contributed by atoms with Gasteiger partial charge in [-0.05, 0) is 30.0 Å². The van der Waals surface area contributed by atoms with Gasteiger partial charge in [0.05, 0.1) is 11.5 Å². The normalized spacial score (nSPS) is 14.8. The third kappa shape index (κ3) is 6.70. The molecule has 4 nitrogen and oxygen atoms in total. The fourth-order valence-electron chi connectivity index (χ4n) is 2.64. The molecule has 2 aromatic carbocycles. The van der Waals surface area contributed by atoms with Crippen molar-refractivity contribution in [3.63, 3.8) is 0 Å². The molecule has 0 aromatic heterocycles. The van der Waals surface area contributed by atoms with Gasteiger partial charge >= 0.3 is 5.97 Å². The standard InChI is InChI=1S/C23H27ClO4/c1-3-19(25)22(24)20(4-2)28-23(26)21(15-17-11-7-5-8-12-17)27-16-18-13-9-6-10-14-18/h5-15,19-20,22,25H,3-4,16H2,1-2H3/t19-,20+,22?/m0/s1. The van der Waals surface area contributed by atoms with E-state index in [-0.39, 0.29) is 12.4 Å². The minimum atomic E-state index is -0.744. The SMILES string of the molecule is CC[C@H](O)C(Cl)[C@@H](CC)OC(=O)C(=Cc1ccccc1)OCc1ccccc1. The number of hydrogen-bond donors (Lipinski definition) is 1. The molecule has 0 aliphatic heterocycles. The number of carbonyl (C=O) groups excluding carboxylic acids is 1. The van der Waals surface area contributed by atoms with E-state index in [4.69, 9.17) is 21.1 Å². The van der Waals surface area contributed by atoms with E-state index in [2.05, 4.69) is 0 Å². The zero-order valence-electron chi connectivity index (χ0n) is 16.3. The summed E-state index contributed by atoms with van der Waals surface area (Å²) in [6, 6.07) is 19.0. The fourth-order valence-corrected chi connectivity index (χ4v) is 3.05. The molecule has 1 N–H and O–H groups in total. The van der Waals surface area contributed by atoms with Gasteiger partial charge in [-0.25, -0.2) is 4.79 Å². The minimum Gasteiger partial charge on any atom is -0.482 e. The Morgan fingerprint density at radius 2 is 1.64 bits per heavy atom. The number of ether oxygens (including phenoxy) is 2. The number of alkyl halides is 1. The van der Waals surface area contributed by atoms with Crippen LogP contribution in [-0.2, 0) is 20.9 Å². The van der Waals surface area contributed by atoms with E-state index < -0.39 is 23.6 Å². The number of hydrogen-bond acceptors (Lipinski definition) is 4. The number of aliphatic hydroxyl groups is 1. The number of benzene rings is 2. The van der Waals surface area contributed by atoms with Crippen LogP contribution < -0.4 is 0 Å². The summed E-state index contributed by atoms with van der Waals surface area (Å²) >= 11 is 6.29. The smallest absolute Gasteiger partial charge is 0.373 e. The maximum absolute atomic E-state index is 12.8. The first kappa shape index (κ1) is 22.0. The van der Waals surface area contributed by atoms with Crippen LogP contribution in [0, 0.1) is 0 Å². The van der Waals surface area contributed by atoms with Gasteiger partial charge in [-0.2, -0.15) is 0 Å². The summed E-state index contributed by atoms with van der Waals surface area (Å²) < 4.78 is 11.4. The van der Waals surface area contributed by atoms with Crippen LogP contribution in [0.5, 0.6) is 0 Å². The van der Waals surface area contributed by atoms with Crippen LogP contribution in [0.25, 0.3) is 6.08 Å². The van der Waals surface area contributed by atoms with Gasteiger partial charge < -0.3 is 14.6 Å². The van der Waals surface area contributed by atoms with E-state index in [1.165, 1.54) is 0 Å². The van der Waals surface area contributed by atoms with Gasteiger partial charge in [-0.15, -0.1) is 11.6 Å². The quantitative estimate of drug-likeness (QED) is 0.264. The zero-order chi connectivity index (χ0) is 20.4. The van der Waals surface area contributed by atoms with Gasteiger partial charge in [0.1, 0.15) is 12.7 Å². The second-order valence-electron chi connectivity index (χ2n) is 6.47. The molecule has 0 spiro atoms. The van der Waals surface area contributed by atoms with Gasteiger partial charge in [0, 0.05) is 0 Å². The van der Waals surface area contributed by atoms with Gasteiger partial charge in [-0.1, -0.05) is 74.5 Å². The van der Waals surface area contributed by atoms with Crippen molar-refractivity contribution in [1.29, 1.82) is 0 Å². The summed E-state index contributed by atoms with van der Waals surface area (Å²) in [6.07, 6.45) is 1.28. The highest BCUT2D eigenvalue weighted by molar-refractivity contribution is 6.21. The highest BCUT2D eigenvalue weighted by Crippen LogP contribution is 2.20. The Morgan fingerprint density at radius 3 is 2.21 bits per heavy atom. The lowest BCUT2D eigenvalue weighted by Crippen LogP contribution is -2.36. The maximum atomic E-state index is 12.8. The third-order valence-corrected chi connectivity index (χ3v) is 4.91. The second-order valence-corrected chi connectivity index (χ2v) is 6.97. The first-order valence-electron chi connectivity index (χ1n) is 9.51. The maximum Gasteiger partial charge on any atom is 0.373 e. The van der Waals surface area contributed by atoms with Crippen molar-refractivity contribution in [1.82, 2.24) is 0 Å². The lowest BCUT2D eigenvalue weighted by atomic mass is 10.1. The molecule has 0 amide bonds. The van der Waals surface area contributed by atoms with Gasteiger partial charge in [0.25, 0.3) is 0 Å². The Labute approximate surface area is 171 Å². The zero-order valence-corrected chi connectivity index (χ0v) is 17.0. The molecule has 0 aliphatic rings. The highest BCUT2D eigenvalue weighted by Gasteiger charge is 2.29. The molecule has 28 heavy (non-hydrogen) atoms. The summed E-state index contributed by atoms with van der Waals surface area (Å²) in [4.78, 5) is 12.8. The third-order valence-electron chi connectivity index (χ3n) is 4.34. The summed E-state index contributed by atoms with van der Waals surface area (Å²) in [7, 11) is 0. The molecular weight excluding hydrogens is 376 g/mol. The number of rotatable bonds is 10. The highest BCUT2D eigenvalue weighted by atomic mass is 35.5. The Balaban J connectivity index is 2.17. The molecule has 0 bridgehead atoms. The van der Waals surface area contributed by atoms with Crippen LogP contribution in [0.3, 0.4) is 0 Å². The number of halogens is 1. The van der Waals surface area contributed by atoms with Crippen molar-refractivity contribution < 1.29 is 19.4 Å². The largest absolute Gasteiger partial charge is 0.482 e. The van der Waals surface area contributed by atoms with Crippen molar-refractivity contribution in [3.05, 3.63) is 77.5 Å². The van der Waals surface area contributed by atoms with Crippen molar-refractivity contribution >= 4 is 23.6 Å². The molecule has 2 aromatic rings. The molecule has 0 radical (unpaired) electrons. The summed E-state index contributed by atoms with van der Waals surface area (Å²) in [5.74, 6) is -0.496. The number of esters is 1. The molecule has 0 aliphatic carbocycles. The average molecular weight is 403 g/mol. The number of aliphatic hydroxyl groups excluding tert-OH is 1. The summed E-state index contributed by atoms with van der Waals surface area (Å²) in [5.41, 5.74) is 1.77. The molecule has 0 heterocycles. The van der Waals surface area contributed by atoms with Crippen molar-refractivity contribution in [2.45, 2.75) is 50.9 Å². The van der Waals surface area contributed by atoms with E-state index in [1.807, 2.05) is 74.5 Å². The Bertz CT molecular complexity index is 746. The average Bonchev–Trinajstić information content (AvgIpc) is 2.75. The predicted molar refractivity (Wildman–Crippen MR) is 112 cm³/mol. The molecule has 0 saturated carbocycles. The summed E-state index contributed by atoms with van der Waals surface area (Å²) in [5, 5.41) is 9.32. The molecule has 3 atom stereocenters. The topological polar surface area (TPSA) is 55.8 Å². The van der Waals surface area contributed by atoms with E-state index in [0.717, 1.165) is 11.1 Å². The van der Waals surface area contributed by atoms with Crippen LogP contribution in [0.4, 0.5) is 0 Å². The van der Waals surface area contributed by atoms with Crippen LogP contribution in [0.15, 0.2) is 66.4 Å². The first-order valence-corrected chi connectivity index (χ1v) is 9.95. The second kappa shape index (κ2) is 11.5. The van der Waals surface area contributed by atoms with Gasteiger partial charge in [-0.3, -0.25) is 0 Å². The first-order chi connectivity index (χ1) is 13.5. The molecule has 0 fully saturated rings. The van der Waals surface area contributed by atoms with Crippen molar-refractivity contribution in [3.8, 4) is 0 Å². The monoisotopic (exact) mass is 402 g/mol. The van der Waals surface area contributed by atoms with Crippen LogP contribution in [0.1, 0.15) is 37.8 Å². The van der Waals surface area contributed by atoms with E-state index in [1.54, 1.807) is 6.08 Å². The van der Waals surface area contributed by atoms with E-state index in [9.17, 15) is 9.90 Å². The number of carbonyl (C=O) groups is 1. The van der Waals surface area contributed by atoms with Crippen LogP contribution >= 0.6 is 11.6 Å². The van der Waals surface area contributed by atoms with Crippen LogP contribution in [-0.4, -0.2) is 28.7 Å². The molecule has 150 valence electrons. The predicted octanol–water partition coefficient (Wildman–Crippen LogP) is 4.94. The molecule has 2 rings (SSSR count). The Kier molecular flexibility index (Phi) is 9.05. The van der Waals surface area contributed by atoms with Crippen LogP contribution in [0.2, 0.25) is 0 Å². The molecule has 1 unspecified atom stereocenters. The Hall–Kier alpha value is -2.30. The summed E-state index contributed by atoms with van der Waals surface area (Å²) in [6.45, 7) is 3.94. The lowest BCUT2D eigenvalue weighted by Gasteiger charge is -2.25. The molecule has 0 saturated heterocycles. The minimum absolute atomic E-state index is 0.100. The lowest BCUT2D eigenvalue weighted by molar-refractivity contribution is -0.149. The Morgan fingerprint density at radius 1 is 1.04 bits per heavy atom. The fraction of sp³-hybridized carbons (Fsp3) is 0.348. The molecular formula is C23H27ClO4. The van der Waals surface area contributed by atoms with E-state index >= 15 is 0 Å². The molecule has 5 heteroatoms.